The van der Waals surface area contributed by atoms with Gasteiger partial charge in [0, 0.05) is 11.8 Å². The predicted molar refractivity (Wildman–Crippen MR) is 80.2 cm³/mol. The van der Waals surface area contributed by atoms with E-state index in [1.54, 1.807) is 0 Å². The number of rotatable bonds is 2. The zero-order valence-electron chi connectivity index (χ0n) is 7.77. The van der Waals surface area contributed by atoms with Crippen LogP contribution in [0, 0.1) is 0 Å². The van der Waals surface area contributed by atoms with Gasteiger partial charge < -0.3 is 0 Å². The Morgan fingerprint density at radius 3 is 2.33 bits per heavy atom. The summed E-state index contributed by atoms with van der Waals surface area (Å²) in [7, 11) is 0. The lowest BCUT2D eigenvalue weighted by Crippen LogP contribution is -1.91. The predicted octanol–water partition coefficient (Wildman–Crippen LogP) is 4.26. The van der Waals surface area contributed by atoms with Gasteiger partial charge in [-0.25, -0.2) is 0 Å². The summed E-state index contributed by atoms with van der Waals surface area (Å²) < 4.78 is 2.00. The third-order valence-corrected chi connectivity index (χ3v) is 3.14. The van der Waals surface area contributed by atoms with E-state index in [4.69, 9.17) is 0 Å². The molecule has 15 heavy (non-hydrogen) atoms. The average molecular weight is 422 g/mol. The van der Waals surface area contributed by atoms with Gasteiger partial charge in [-0.1, -0.05) is 30.3 Å². The molecule has 0 spiro atoms. The number of hydrogen-bond acceptors (Lipinski definition) is 2. The molecule has 0 bridgehead atoms. The van der Waals surface area contributed by atoms with Crippen molar-refractivity contribution >= 4 is 51.4 Å². The molecule has 0 N–H and O–H groups in total. The van der Waals surface area contributed by atoms with Crippen molar-refractivity contribution in [3.8, 4) is 11.1 Å². The van der Waals surface area contributed by atoms with Gasteiger partial charge in [0.15, 0.2) is 0 Å². The molecule has 1 aromatic carbocycles. The smallest absolute Gasteiger partial charge is 0.0753 e. The second-order valence-corrected chi connectivity index (χ2v) is 6.81. The number of nitrogens with zero attached hydrogens (tertiary/aromatic N) is 2. The Morgan fingerprint density at radius 2 is 1.67 bits per heavy atom. The quantitative estimate of drug-likeness (QED) is 0.532. The molecule has 0 saturated heterocycles. The van der Waals surface area contributed by atoms with Gasteiger partial charge in [0.25, 0.3) is 0 Å². The van der Waals surface area contributed by atoms with E-state index in [1.165, 1.54) is 5.56 Å². The van der Waals surface area contributed by atoms with E-state index < -0.39 is 0 Å². The van der Waals surface area contributed by atoms with E-state index >= 15 is 0 Å². The second kappa shape index (κ2) is 5.11. The first-order chi connectivity index (χ1) is 7.27. The Hall–Kier alpha value is -0.370. The lowest BCUT2D eigenvalue weighted by Gasteiger charge is -2.08. The van der Waals surface area contributed by atoms with Gasteiger partial charge in [-0.2, -0.15) is 0 Å². The molecule has 1 heterocycles. The molecule has 2 rings (SSSR count). The fourth-order valence-electron chi connectivity index (χ4n) is 1.31. The minimum atomic E-state index is 1.09. The first kappa shape index (κ1) is 11.1. The molecule has 0 aliphatic heterocycles. The molecule has 2 nitrogen and oxygen atoms in total. The SMILES string of the molecule is IN(I)c1cncc(-c2ccccc2)c1. The lowest BCUT2D eigenvalue weighted by molar-refractivity contribution is 1.33. The van der Waals surface area contributed by atoms with Crippen molar-refractivity contribution in [2.75, 3.05) is 1.33 Å². The van der Waals surface area contributed by atoms with Crippen LogP contribution in [0.1, 0.15) is 0 Å². The monoisotopic (exact) mass is 422 g/mol. The van der Waals surface area contributed by atoms with Crippen LogP contribution in [0.3, 0.4) is 0 Å². The largest absolute Gasteiger partial charge is 0.262 e. The van der Waals surface area contributed by atoms with Crippen LogP contribution in [0.5, 0.6) is 0 Å². The summed E-state index contributed by atoms with van der Waals surface area (Å²) >= 11 is 4.45. The molecule has 0 atom stereocenters. The van der Waals surface area contributed by atoms with Gasteiger partial charge in [0.2, 0.25) is 0 Å². The maximum atomic E-state index is 4.23. The third kappa shape index (κ3) is 2.81. The summed E-state index contributed by atoms with van der Waals surface area (Å²) in [4.78, 5) is 4.23. The van der Waals surface area contributed by atoms with Crippen LogP contribution in [0.15, 0.2) is 48.8 Å². The van der Waals surface area contributed by atoms with Crippen molar-refractivity contribution in [2.24, 2.45) is 0 Å². The molecular formula is C11H8I2N2. The topological polar surface area (TPSA) is 16.1 Å². The second-order valence-electron chi connectivity index (χ2n) is 3.03. The molecular weight excluding hydrogens is 414 g/mol. The van der Waals surface area contributed by atoms with Crippen LogP contribution in [-0.2, 0) is 0 Å². The number of halogens is 2. The summed E-state index contributed by atoms with van der Waals surface area (Å²) in [6.07, 6.45) is 3.74. The number of anilines is 1. The normalized spacial score (nSPS) is 10.0. The number of hydrogen-bond donors (Lipinski definition) is 0. The van der Waals surface area contributed by atoms with E-state index in [1.807, 2.05) is 31.9 Å². The highest BCUT2D eigenvalue weighted by Crippen LogP contribution is 2.27. The zero-order valence-corrected chi connectivity index (χ0v) is 12.1. The summed E-state index contributed by atoms with van der Waals surface area (Å²) in [6.45, 7) is 0. The maximum absolute atomic E-state index is 4.23. The first-order valence-corrected chi connectivity index (χ1v) is 6.32. The van der Waals surface area contributed by atoms with Gasteiger partial charge in [0.05, 0.1) is 57.6 Å². The van der Waals surface area contributed by atoms with Crippen LogP contribution < -0.4 is 1.33 Å². The standard InChI is InChI=1S/C11H8I2N2/c12-15(13)11-6-10(7-14-8-11)9-4-2-1-3-5-9/h1-8H. The van der Waals surface area contributed by atoms with Gasteiger partial charge >= 0.3 is 0 Å². The Labute approximate surface area is 117 Å². The minimum absolute atomic E-state index is 1.09. The molecule has 0 saturated carbocycles. The number of aromatic nitrogens is 1. The number of pyridine rings is 1. The van der Waals surface area contributed by atoms with Gasteiger partial charge in [0.1, 0.15) is 0 Å². The highest BCUT2D eigenvalue weighted by molar-refractivity contribution is 14.2. The van der Waals surface area contributed by atoms with Crippen LogP contribution >= 0.6 is 45.7 Å². The van der Waals surface area contributed by atoms with Gasteiger partial charge in [-0.05, 0) is 11.6 Å². The molecule has 0 aliphatic carbocycles. The first-order valence-electron chi connectivity index (χ1n) is 4.39. The van der Waals surface area contributed by atoms with Crippen molar-refractivity contribution in [2.45, 2.75) is 0 Å². The van der Waals surface area contributed by atoms with Crippen molar-refractivity contribution in [1.82, 2.24) is 4.98 Å². The van der Waals surface area contributed by atoms with Crippen molar-refractivity contribution < 1.29 is 0 Å². The van der Waals surface area contributed by atoms with E-state index in [0.29, 0.717) is 0 Å². The van der Waals surface area contributed by atoms with Gasteiger partial charge in [-0.3, -0.25) is 6.31 Å². The Bertz CT molecular complexity index is 443. The van der Waals surface area contributed by atoms with Crippen molar-refractivity contribution in [3.63, 3.8) is 0 Å². The van der Waals surface area contributed by atoms with Gasteiger partial charge in [-0.15, -0.1) is 0 Å². The fourth-order valence-corrected chi connectivity index (χ4v) is 1.84. The zero-order chi connectivity index (χ0) is 10.7. The summed E-state index contributed by atoms with van der Waals surface area (Å²) in [5.41, 5.74) is 3.44. The molecule has 4 heteroatoms. The molecule has 0 radical (unpaired) electrons. The molecule has 0 aliphatic rings. The van der Waals surface area contributed by atoms with Crippen molar-refractivity contribution in [1.29, 1.82) is 0 Å². The molecule has 0 unspecified atom stereocenters. The number of benzene rings is 1. The van der Waals surface area contributed by atoms with Crippen LogP contribution in [0.4, 0.5) is 5.69 Å². The third-order valence-electron chi connectivity index (χ3n) is 2.03. The van der Waals surface area contributed by atoms with E-state index in [0.717, 1.165) is 11.3 Å². The van der Waals surface area contributed by atoms with E-state index in [2.05, 4.69) is 68.9 Å². The van der Waals surface area contributed by atoms with E-state index in [9.17, 15) is 0 Å². The molecule has 0 fully saturated rings. The van der Waals surface area contributed by atoms with Crippen LogP contribution in [0.25, 0.3) is 11.1 Å². The molecule has 2 aromatic rings. The molecule has 0 amide bonds. The van der Waals surface area contributed by atoms with Crippen molar-refractivity contribution in [3.05, 3.63) is 48.8 Å². The Balaban J connectivity index is 2.42. The van der Waals surface area contributed by atoms with Crippen LogP contribution in [0.2, 0.25) is 0 Å². The summed E-state index contributed by atoms with van der Waals surface area (Å²) in [6, 6.07) is 12.4. The highest BCUT2D eigenvalue weighted by atomic mass is 127. The average Bonchev–Trinajstić information content (AvgIpc) is 2.30. The maximum Gasteiger partial charge on any atom is 0.0753 e. The van der Waals surface area contributed by atoms with Crippen LogP contribution in [-0.4, -0.2) is 4.98 Å². The molecule has 1 aromatic heterocycles. The summed E-state index contributed by atoms with van der Waals surface area (Å²) in [5, 5.41) is 0. The molecule has 76 valence electrons. The minimum Gasteiger partial charge on any atom is -0.262 e. The Morgan fingerprint density at radius 1 is 0.933 bits per heavy atom. The van der Waals surface area contributed by atoms with E-state index in [-0.39, 0.29) is 0 Å². The fraction of sp³-hybridized carbons (Fsp3) is 0. The summed E-state index contributed by atoms with van der Waals surface area (Å²) in [5.74, 6) is 0. The lowest BCUT2D eigenvalue weighted by atomic mass is 10.1. The Kier molecular flexibility index (Phi) is 3.79. The highest BCUT2D eigenvalue weighted by Gasteiger charge is 2.02.